The average molecular weight is 555 g/mol. The van der Waals surface area contributed by atoms with Crippen molar-refractivity contribution in [2.45, 2.75) is 0 Å². The number of nitrogens with one attached hydrogen (secondary N) is 2. The first-order valence-corrected chi connectivity index (χ1v) is 9.97. The van der Waals surface area contributed by atoms with Crippen LogP contribution in [0.1, 0.15) is 5.56 Å². The van der Waals surface area contributed by atoms with Gasteiger partial charge in [0.15, 0.2) is 10.9 Å². The summed E-state index contributed by atoms with van der Waals surface area (Å²) in [6.07, 6.45) is 2.92. The van der Waals surface area contributed by atoms with E-state index in [9.17, 15) is 9.90 Å². The zero-order chi connectivity index (χ0) is 20.1. The fraction of sp³-hybridized carbons (Fsp3) is 0.0588. The molecule has 0 bridgehead atoms. The number of phenolic OH excluding ortho intramolecular Hbond substituents is 1. The maximum absolute atomic E-state index is 12.1. The van der Waals surface area contributed by atoms with Gasteiger partial charge in [0, 0.05) is 21.8 Å². The molecule has 142 valence electrons. The molecular weight excluding hydrogens is 543 g/mol. The number of thiocarbonyl (C=S) groups is 1. The molecule has 0 saturated heterocycles. The van der Waals surface area contributed by atoms with Gasteiger partial charge in [0.2, 0.25) is 5.91 Å². The van der Waals surface area contributed by atoms with Crippen molar-refractivity contribution in [2.24, 2.45) is 0 Å². The molecule has 2 aromatic rings. The van der Waals surface area contributed by atoms with Crippen molar-refractivity contribution >= 4 is 90.1 Å². The van der Waals surface area contributed by atoms with Crippen LogP contribution < -0.4 is 15.4 Å². The SMILES string of the molecule is COc1c(Br)cc(Br)cc1/C=C/C(=O)NC(=S)Nc1cc(Cl)c(O)c(Cl)c1. The van der Waals surface area contributed by atoms with E-state index in [1.165, 1.54) is 18.2 Å². The smallest absolute Gasteiger partial charge is 0.250 e. The number of benzene rings is 2. The van der Waals surface area contributed by atoms with Crippen LogP contribution in [-0.4, -0.2) is 23.2 Å². The molecule has 3 N–H and O–H groups in total. The topological polar surface area (TPSA) is 70.6 Å². The maximum atomic E-state index is 12.1. The number of carbonyl (C=O) groups excluding carboxylic acids is 1. The minimum Gasteiger partial charge on any atom is -0.505 e. The molecule has 2 aromatic carbocycles. The number of halogens is 4. The van der Waals surface area contributed by atoms with Crippen molar-refractivity contribution < 1.29 is 14.6 Å². The minimum absolute atomic E-state index is 0.0462. The van der Waals surface area contributed by atoms with Crippen LogP contribution in [0.4, 0.5) is 5.69 Å². The van der Waals surface area contributed by atoms with E-state index in [1.54, 1.807) is 13.2 Å². The zero-order valence-corrected chi connectivity index (χ0v) is 19.1. The lowest BCUT2D eigenvalue weighted by molar-refractivity contribution is -0.115. The van der Waals surface area contributed by atoms with Gasteiger partial charge in [-0.15, -0.1) is 0 Å². The second-order valence-corrected chi connectivity index (χ2v) is 8.07. The number of rotatable bonds is 4. The minimum atomic E-state index is -0.443. The predicted molar refractivity (Wildman–Crippen MR) is 120 cm³/mol. The van der Waals surface area contributed by atoms with Crippen molar-refractivity contribution in [3.05, 3.63) is 54.9 Å². The van der Waals surface area contributed by atoms with Gasteiger partial charge < -0.3 is 15.2 Å². The molecule has 0 saturated carbocycles. The van der Waals surface area contributed by atoms with Crippen LogP contribution in [0.5, 0.6) is 11.5 Å². The van der Waals surface area contributed by atoms with Crippen molar-refractivity contribution in [1.29, 1.82) is 0 Å². The van der Waals surface area contributed by atoms with Crippen LogP contribution in [0.15, 0.2) is 39.3 Å². The number of hydrogen-bond donors (Lipinski definition) is 3. The van der Waals surface area contributed by atoms with Gasteiger partial charge in [0.25, 0.3) is 0 Å². The highest BCUT2D eigenvalue weighted by molar-refractivity contribution is 9.11. The molecule has 0 aliphatic rings. The lowest BCUT2D eigenvalue weighted by Gasteiger charge is -2.10. The number of phenols is 1. The highest BCUT2D eigenvalue weighted by Gasteiger charge is 2.10. The van der Waals surface area contributed by atoms with E-state index in [2.05, 4.69) is 42.5 Å². The Morgan fingerprint density at radius 1 is 1.22 bits per heavy atom. The molecule has 5 nitrogen and oxygen atoms in total. The number of carbonyl (C=O) groups is 1. The van der Waals surface area contributed by atoms with Gasteiger partial charge in [-0.05, 0) is 58.5 Å². The van der Waals surface area contributed by atoms with Crippen LogP contribution in [0.2, 0.25) is 10.0 Å². The first-order valence-electron chi connectivity index (χ1n) is 7.22. The van der Waals surface area contributed by atoms with Gasteiger partial charge in [-0.3, -0.25) is 10.1 Å². The van der Waals surface area contributed by atoms with Gasteiger partial charge in [-0.1, -0.05) is 39.1 Å². The summed E-state index contributed by atoms with van der Waals surface area (Å²) in [5.41, 5.74) is 1.12. The number of hydrogen-bond acceptors (Lipinski definition) is 4. The summed E-state index contributed by atoms with van der Waals surface area (Å²) >= 11 is 23.6. The quantitative estimate of drug-likeness (QED) is 0.255. The molecular formula is C17H12Br2Cl2N2O3S. The fourth-order valence-corrected chi connectivity index (χ4v) is 4.16. The summed E-state index contributed by atoms with van der Waals surface area (Å²) in [6, 6.07) is 6.51. The molecule has 0 fully saturated rings. The molecule has 0 aliphatic carbocycles. The third-order valence-electron chi connectivity index (χ3n) is 3.17. The Balaban J connectivity index is 2.05. The van der Waals surface area contributed by atoms with Crippen molar-refractivity contribution in [3.63, 3.8) is 0 Å². The Hall–Kier alpha value is -1.32. The number of ether oxygens (including phenoxy) is 1. The Labute approximate surface area is 187 Å². The van der Waals surface area contributed by atoms with E-state index in [4.69, 9.17) is 40.2 Å². The van der Waals surface area contributed by atoms with Gasteiger partial charge >= 0.3 is 0 Å². The molecule has 0 atom stereocenters. The second kappa shape index (κ2) is 9.75. The van der Waals surface area contributed by atoms with E-state index in [-0.39, 0.29) is 20.9 Å². The molecule has 2 rings (SSSR count). The van der Waals surface area contributed by atoms with Gasteiger partial charge in [-0.25, -0.2) is 0 Å². The Morgan fingerprint density at radius 2 is 1.85 bits per heavy atom. The van der Waals surface area contributed by atoms with Crippen molar-refractivity contribution in [2.75, 3.05) is 12.4 Å². The second-order valence-electron chi connectivity index (χ2n) is 5.08. The summed E-state index contributed by atoms with van der Waals surface area (Å²) in [6.45, 7) is 0. The number of amides is 1. The standard InChI is InChI=1S/C17H12Br2Cl2N2O3S/c1-26-16-8(4-9(18)5-11(16)19)2-3-14(24)23-17(27)22-10-6-12(20)15(25)13(21)7-10/h2-7,25H,1H3,(H2,22,23,24,27)/b3-2+. The maximum Gasteiger partial charge on any atom is 0.250 e. The van der Waals surface area contributed by atoms with E-state index in [0.29, 0.717) is 17.0 Å². The van der Waals surface area contributed by atoms with E-state index in [0.717, 1.165) is 8.95 Å². The van der Waals surface area contributed by atoms with Crippen LogP contribution in [0, 0.1) is 0 Å². The van der Waals surface area contributed by atoms with Gasteiger partial charge in [0.1, 0.15) is 5.75 Å². The normalized spacial score (nSPS) is 10.7. The molecule has 0 aliphatic heterocycles. The molecule has 0 radical (unpaired) electrons. The lowest BCUT2D eigenvalue weighted by Crippen LogP contribution is -2.32. The largest absolute Gasteiger partial charge is 0.505 e. The molecule has 1 amide bonds. The Kier molecular flexibility index (Phi) is 7.93. The summed E-state index contributed by atoms with van der Waals surface area (Å²) in [5, 5.41) is 15.0. The third-order valence-corrected chi connectivity index (χ3v) is 4.99. The number of anilines is 1. The van der Waals surface area contributed by atoms with E-state index >= 15 is 0 Å². The van der Waals surface area contributed by atoms with Crippen molar-refractivity contribution in [1.82, 2.24) is 5.32 Å². The molecule has 0 unspecified atom stereocenters. The average Bonchev–Trinajstić information content (AvgIpc) is 2.57. The summed E-state index contributed by atoms with van der Waals surface area (Å²) < 4.78 is 6.90. The molecule has 10 heteroatoms. The highest BCUT2D eigenvalue weighted by atomic mass is 79.9. The van der Waals surface area contributed by atoms with E-state index < -0.39 is 5.91 Å². The third kappa shape index (κ3) is 6.08. The molecule has 0 heterocycles. The first-order chi connectivity index (χ1) is 12.7. The van der Waals surface area contributed by atoms with Crippen LogP contribution in [0.25, 0.3) is 6.08 Å². The monoisotopic (exact) mass is 552 g/mol. The van der Waals surface area contributed by atoms with Gasteiger partial charge in [-0.2, -0.15) is 0 Å². The number of methoxy groups -OCH3 is 1. The summed E-state index contributed by atoms with van der Waals surface area (Å²) in [5.74, 6) is -0.0751. The predicted octanol–water partition coefficient (Wildman–Crippen LogP) is 5.76. The van der Waals surface area contributed by atoms with Crippen LogP contribution in [0.3, 0.4) is 0 Å². The van der Waals surface area contributed by atoms with Crippen LogP contribution in [-0.2, 0) is 4.79 Å². The van der Waals surface area contributed by atoms with Crippen molar-refractivity contribution in [3.8, 4) is 11.5 Å². The van der Waals surface area contributed by atoms with E-state index in [1.807, 2.05) is 12.1 Å². The first kappa shape index (κ1) is 22.0. The van der Waals surface area contributed by atoms with Gasteiger partial charge in [0.05, 0.1) is 21.6 Å². The Morgan fingerprint density at radius 3 is 2.44 bits per heavy atom. The summed E-state index contributed by atoms with van der Waals surface area (Å²) in [4.78, 5) is 12.1. The highest BCUT2D eigenvalue weighted by Crippen LogP contribution is 2.35. The Bertz CT molecular complexity index is 916. The zero-order valence-electron chi connectivity index (χ0n) is 13.6. The van der Waals surface area contributed by atoms with Crippen LogP contribution >= 0.6 is 67.3 Å². The lowest BCUT2D eigenvalue weighted by atomic mass is 10.2. The fourth-order valence-electron chi connectivity index (χ4n) is 2.04. The summed E-state index contributed by atoms with van der Waals surface area (Å²) in [7, 11) is 1.54. The number of aromatic hydroxyl groups is 1. The molecule has 0 aromatic heterocycles. The molecule has 0 spiro atoms. The molecule has 27 heavy (non-hydrogen) atoms.